The van der Waals surface area contributed by atoms with Crippen molar-refractivity contribution in [2.75, 3.05) is 24.6 Å². The van der Waals surface area contributed by atoms with E-state index in [2.05, 4.69) is 9.88 Å². The van der Waals surface area contributed by atoms with Gasteiger partial charge in [-0.25, -0.2) is 4.98 Å². The third kappa shape index (κ3) is 3.41. The Labute approximate surface area is 104 Å². The number of anilines is 1. The summed E-state index contributed by atoms with van der Waals surface area (Å²) in [5, 5.41) is 11.4. The molecule has 0 amide bonds. The summed E-state index contributed by atoms with van der Waals surface area (Å²) in [5.41, 5.74) is 0.635. The highest BCUT2D eigenvalue weighted by atomic mass is 32.1. The third-order valence-electron chi connectivity index (χ3n) is 2.59. The minimum atomic E-state index is -0.839. The zero-order valence-electron chi connectivity index (χ0n) is 9.76. The molecule has 1 fully saturated rings. The second-order valence-electron chi connectivity index (χ2n) is 4.17. The molecule has 6 heteroatoms. The molecule has 0 saturated carbocycles. The van der Waals surface area contributed by atoms with E-state index in [0.717, 1.165) is 31.2 Å². The van der Waals surface area contributed by atoms with E-state index >= 15 is 0 Å². The molecule has 1 aromatic rings. The van der Waals surface area contributed by atoms with Crippen molar-refractivity contribution in [3.8, 4) is 0 Å². The maximum atomic E-state index is 10.6. The quantitative estimate of drug-likeness (QED) is 0.885. The standard InChI is InChI=1S/C11H16N2O3S/c1-8-6-13(3-2-4-16-8)11-12-9(7-17-11)5-10(14)15/h7-8H,2-6H2,1H3,(H,14,15). The number of rotatable bonds is 3. The van der Waals surface area contributed by atoms with Gasteiger partial charge in [-0.05, 0) is 13.3 Å². The molecule has 5 nitrogen and oxygen atoms in total. The van der Waals surface area contributed by atoms with Gasteiger partial charge in [0.15, 0.2) is 5.13 Å². The van der Waals surface area contributed by atoms with Crippen LogP contribution >= 0.6 is 11.3 Å². The predicted octanol–water partition coefficient (Wildman–Crippen LogP) is 1.39. The first-order valence-corrected chi connectivity index (χ1v) is 6.56. The fraction of sp³-hybridized carbons (Fsp3) is 0.636. The lowest BCUT2D eigenvalue weighted by molar-refractivity contribution is -0.136. The molecule has 1 aromatic heterocycles. The van der Waals surface area contributed by atoms with Gasteiger partial charge in [-0.2, -0.15) is 0 Å². The minimum absolute atomic E-state index is 0.00358. The van der Waals surface area contributed by atoms with Gasteiger partial charge in [-0.15, -0.1) is 11.3 Å². The zero-order valence-corrected chi connectivity index (χ0v) is 10.6. The smallest absolute Gasteiger partial charge is 0.309 e. The second kappa shape index (κ2) is 5.46. The molecule has 0 bridgehead atoms. The Bertz CT molecular complexity index is 394. The summed E-state index contributed by atoms with van der Waals surface area (Å²) in [6.45, 7) is 4.57. The van der Waals surface area contributed by atoms with Crippen LogP contribution in [0.4, 0.5) is 5.13 Å². The molecular weight excluding hydrogens is 240 g/mol. The maximum Gasteiger partial charge on any atom is 0.309 e. The Morgan fingerprint density at radius 2 is 2.59 bits per heavy atom. The van der Waals surface area contributed by atoms with Crippen molar-refractivity contribution < 1.29 is 14.6 Å². The summed E-state index contributed by atoms with van der Waals surface area (Å²) in [4.78, 5) is 17.1. The molecule has 1 N–H and O–H groups in total. The molecular formula is C11H16N2O3S. The van der Waals surface area contributed by atoms with Crippen LogP contribution in [-0.4, -0.2) is 41.9 Å². The van der Waals surface area contributed by atoms with E-state index in [4.69, 9.17) is 9.84 Å². The Morgan fingerprint density at radius 3 is 3.35 bits per heavy atom. The molecule has 0 radical (unpaired) electrons. The summed E-state index contributed by atoms with van der Waals surface area (Å²) in [6, 6.07) is 0. The lowest BCUT2D eigenvalue weighted by atomic mass is 10.3. The van der Waals surface area contributed by atoms with Crippen LogP contribution in [0.2, 0.25) is 0 Å². The molecule has 1 aliphatic heterocycles. The summed E-state index contributed by atoms with van der Waals surface area (Å²) in [6.07, 6.45) is 1.18. The fourth-order valence-electron chi connectivity index (χ4n) is 1.85. The number of ether oxygens (including phenoxy) is 1. The average molecular weight is 256 g/mol. The first-order chi connectivity index (χ1) is 8.15. The fourth-order valence-corrected chi connectivity index (χ4v) is 2.71. The molecule has 94 valence electrons. The van der Waals surface area contributed by atoms with E-state index in [0.29, 0.717) is 5.69 Å². The average Bonchev–Trinajstić information content (AvgIpc) is 2.59. The number of carbonyl (C=O) groups is 1. The number of hydrogen-bond acceptors (Lipinski definition) is 5. The van der Waals surface area contributed by atoms with Gasteiger partial charge < -0.3 is 14.7 Å². The molecule has 0 aliphatic carbocycles. The minimum Gasteiger partial charge on any atom is -0.481 e. The molecule has 1 atom stereocenters. The highest BCUT2D eigenvalue weighted by Gasteiger charge is 2.18. The second-order valence-corrected chi connectivity index (χ2v) is 5.01. The van der Waals surface area contributed by atoms with Crippen molar-refractivity contribution >= 4 is 22.4 Å². The Morgan fingerprint density at radius 1 is 1.76 bits per heavy atom. The van der Waals surface area contributed by atoms with Gasteiger partial charge in [0.25, 0.3) is 0 Å². The van der Waals surface area contributed by atoms with Crippen LogP contribution in [0.1, 0.15) is 19.0 Å². The van der Waals surface area contributed by atoms with Crippen molar-refractivity contribution in [2.24, 2.45) is 0 Å². The summed E-state index contributed by atoms with van der Waals surface area (Å²) < 4.78 is 5.57. The number of nitrogens with zero attached hydrogens (tertiary/aromatic N) is 2. The normalized spacial score (nSPS) is 21.2. The summed E-state index contributed by atoms with van der Waals surface area (Å²) in [5.74, 6) is -0.839. The number of aromatic nitrogens is 1. The number of hydrogen-bond donors (Lipinski definition) is 1. The van der Waals surface area contributed by atoms with E-state index in [9.17, 15) is 4.79 Å². The van der Waals surface area contributed by atoms with Crippen molar-refractivity contribution in [3.05, 3.63) is 11.1 Å². The van der Waals surface area contributed by atoms with Crippen molar-refractivity contribution in [1.29, 1.82) is 0 Å². The van der Waals surface area contributed by atoms with Gasteiger partial charge in [0, 0.05) is 25.1 Å². The van der Waals surface area contributed by atoms with Gasteiger partial charge in [0.1, 0.15) is 0 Å². The molecule has 17 heavy (non-hydrogen) atoms. The lowest BCUT2D eigenvalue weighted by Crippen LogP contribution is -2.30. The number of carboxylic acids is 1. The molecule has 1 unspecified atom stereocenters. The van der Waals surface area contributed by atoms with E-state index < -0.39 is 5.97 Å². The lowest BCUT2D eigenvalue weighted by Gasteiger charge is -2.20. The topological polar surface area (TPSA) is 62.7 Å². The summed E-state index contributed by atoms with van der Waals surface area (Å²) >= 11 is 1.51. The van der Waals surface area contributed by atoms with E-state index in [1.807, 2.05) is 12.3 Å². The van der Waals surface area contributed by atoms with Crippen LogP contribution in [0.25, 0.3) is 0 Å². The van der Waals surface area contributed by atoms with Gasteiger partial charge in [0.2, 0.25) is 0 Å². The van der Waals surface area contributed by atoms with Crippen LogP contribution in [0.3, 0.4) is 0 Å². The van der Waals surface area contributed by atoms with Crippen LogP contribution in [0, 0.1) is 0 Å². The van der Waals surface area contributed by atoms with Crippen LogP contribution in [0.15, 0.2) is 5.38 Å². The zero-order chi connectivity index (χ0) is 12.3. The Balaban J connectivity index is 2.05. The third-order valence-corrected chi connectivity index (χ3v) is 3.54. The van der Waals surface area contributed by atoms with Crippen molar-refractivity contribution in [1.82, 2.24) is 4.98 Å². The van der Waals surface area contributed by atoms with Gasteiger partial charge in [-0.1, -0.05) is 0 Å². The number of carboxylic acid groups (broad SMARTS) is 1. The predicted molar refractivity (Wildman–Crippen MR) is 65.7 cm³/mol. The van der Waals surface area contributed by atoms with Crippen molar-refractivity contribution in [3.63, 3.8) is 0 Å². The van der Waals surface area contributed by atoms with Crippen LogP contribution in [0.5, 0.6) is 0 Å². The van der Waals surface area contributed by atoms with Crippen molar-refractivity contribution in [2.45, 2.75) is 25.9 Å². The van der Waals surface area contributed by atoms with E-state index in [1.165, 1.54) is 11.3 Å². The highest BCUT2D eigenvalue weighted by molar-refractivity contribution is 7.13. The monoisotopic (exact) mass is 256 g/mol. The largest absolute Gasteiger partial charge is 0.481 e. The van der Waals surface area contributed by atoms with Gasteiger partial charge in [-0.3, -0.25) is 4.79 Å². The van der Waals surface area contributed by atoms with Gasteiger partial charge >= 0.3 is 5.97 Å². The maximum absolute atomic E-state index is 10.6. The molecule has 0 aromatic carbocycles. The van der Waals surface area contributed by atoms with Crippen LogP contribution in [-0.2, 0) is 16.0 Å². The first kappa shape index (κ1) is 12.3. The molecule has 1 saturated heterocycles. The molecule has 0 spiro atoms. The number of thiazole rings is 1. The summed E-state index contributed by atoms with van der Waals surface area (Å²) in [7, 11) is 0. The Kier molecular flexibility index (Phi) is 3.96. The highest BCUT2D eigenvalue weighted by Crippen LogP contribution is 2.22. The molecule has 1 aliphatic rings. The Hall–Kier alpha value is -1.14. The molecule has 2 heterocycles. The molecule has 2 rings (SSSR count). The SMILES string of the molecule is CC1CN(c2nc(CC(=O)O)cs2)CCCO1. The van der Waals surface area contributed by atoms with E-state index in [-0.39, 0.29) is 12.5 Å². The van der Waals surface area contributed by atoms with Gasteiger partial charge in [0.05, 0.1) is 18.2 Å². The first-order valence-electron chi connectivity index (χ1n) is 5.68. The van der Waals surface area contributed by atoms with E-state index in [1.54, 1.807) is 0 Å². The number of aliphatic carboxylic acids is 1. The van der Waals surface area contributed by atoms with Crippen LogP contribution < -0.4 is 4.90 Å².